The van der Waals surface area contributed by atoms with Gasteiger partial charge in [0.25, 0.3) is 5.91 Å². The average Bonchev–Trinajstić information content (AvgIpc) is 3.50. The highest BCUT2D eigenvalue weighted by Gasteiger charge is 2.62. The summed E-state index contributed by atoms with van der Waals surface area (Å²) < 4.78 is 48.9. The Morgan fingerprint density at radius 2 is 2.02 bits per heavy atom. The maximum absolute atomic E-state index is 13.1. The lowest BCUT2D eigenvalue weighted by Crippen LogP contribution is -2.31. The summed E-state index contributed by atoms with van der Waals surface area (Å²) in [6.45, 7) is 6.39. The van der Waals surface area contributed by atoms with Crippen LogP contribution in [0, 0.1) is 11.3 Å². The minimum absolute atomic E-state index is 0.0231. The van der Waals surface area contributed by atoms with E-state index in [9.17, 15) is 18.0 Å². The van der Waals surface area contributed by atoms with Crippen molar-refractivity contribution in [3.63, 3.8) is 0 Å². The lowest BCUT2D eigenvalue weighted by molar-refractivity contribution is -0.190. The minimum atomic E-state index is -4.22. The fourth-order valence-corrected chi connectivity index (χ4v) is 6.18. The molecule has 4 heterocycles. The van der Waals surface area contributed by atoms with Gasteiger partial charge >= 0.3 is 6.18 Å². The first kappa shape index (κ1) is 32.4. The monoisotopic (exact) mass is 651 g/mol. The number of hydrogen-bond acceptors (Lipinski definition) is 8. The van der Waals surface area contributed by atoms with Crippen molar-refractivity contribution < 1.29 is 22.7 Å². The second-order valence-corrected chi connectivity index (χ2v) is 13.4. The van der Waals surface area contributed by atoms with E-state index in [-0.39, 0.29) is 48.0 Å². The third-order valence-electron chi connectivity index (χ3n) is 8.17. The first-order chi connectivity index (χ1) is 20.9. The van der Waals surface area contributed by atoms with Crippen molar-refractivity contribution in [3.8, 4) is 11.7 Å². The number of nitrogens with zero attached hydrogens (tertiary/aromatic N) is 4. The normalized spacial score (nSPS) is 18.6. The zero-order valence-corrected chi connectivity index (χ0v) is 26.3. The molecule has 238 valence electrons. The Balaban J connectivity index is 1.03. The second kappa shape index (κ2) is 13.5. The molecule has 1 saturated carbocycles. The number of ether oxygens (including phenoxy) is 1. The number of halogens is 4. The van der Waals surface area contributed by atoms with Crippen molar-refractivity contribution in [1.29, 1.82) is 0 Å². The summed E-state index contributed by atoms with van der Waals surface area (Å²) >= 11 is 7.42. The number of alkyl halides is 3. The molecule has 3 aromatic rings. The van der Waals surface area contributed by atoms with Gasteiger partial charge < -0.3 is 15.4 Å². The van der Waals surface area contributed by atoms with Crippen LogP contribution in [-0.4, -0.2) is 57.1 Å². The third-order valence-corrected chi connectivity index (χ3v) is 9.23. The number of hydrogen-bond donors (Lipinski definition) is 3. The van der Waals surface area contributed by atoms with Gasteiger partial charge in [0.15, 0.2) is 5.82 Å². The Hall–Kier alpha value is -3.03. The Labute approximate surface area is 264 Å². The molecule has 9 nitrogen and oxygen atoms in total. The highest BCUT2D eigenvalue weighted by atomic mass is 35.5. The molecule has 44 heavy (non-hydrogen) atoms. The second-order valence-electron chi connectivity index (χ2n) is 12.2. The van der Waals surface area contributed by atoms with E-state index >= 15 is 0 Å². The summed E-state index contributed by atoms with van der Waals surface area (Å²) in [5, 5.41) is 11.1. The van der Waals surface area contributed by atoms with Crippen molar-refractivity contribution in [2.45, 2.75) is 75.4 Å². The smallest absolute Gasteiger partial charge is 0.394 e. The Kier molecular flexibility index (Phi) is 9.96. The van der Waals surface area contributed by atoms with Crippen LogP contribution in [0.15, 0.2) is 47.6 Å². The van der Waals surface area contributed by atoms with Crippen LogP contribution in [0.3, 0.4) is 0 Å². The zero-order valence-electron chi connectivity index (χ0n) is 24.7. The quantitative estimate of drug-likeness (QED) is 0.0989. The third kappa shape index (κ3) is 8.36. The lowest BCUT2D eigenvalue weighted by atomic mass is 9.93. The van der Waals surface area contributed by atoms with Crippen molar-refractivity contribution in [2.24, 2.45) is 11.3 Å². The van der Waals surface area contributed by atoms with Gasteiger partial charge in [0.2, 0.25) is 5.88 Å². The van der Waals surface area contributed by atoms with E-state index in [2.05, 4.69) is 44.3 Å². The molecule has 0 spiro atoms. The number of amides is 1. The molecular weight excluding hydrogens is 615 g/mol. The van der Waals surface area contributed by atoms with Crippen molar-refractivity contribution in [1.82, 2.24) is 29.8 Å². The molecule has 14 heteroatoms. The van der Waals surface area contributed by atoms with Crippen LogP contribution < -0.4 is 20.1 Å². The van der Waals surface area contributed by atoms with Gasteiger partial charge in [0.1, 0.15) is 11.0 Å². The summed E-state index contributed by atoms with van der Waals surface area (Å²) in [7, 11) is 0. The van der Waals surface area contributed by atoms with Crippen molar-refractivity contribution in [2.75, 3.05) is 25.0 Å². The van der Waals surface area contributed by atoms with Gasteiger partial charge in [-0.25, -0.2) is 14.6 Å². The fraction of sp³-hybridized carbons (Fsp3) is 0.533. The van der Waals surface area contributed by atoms with Crippen LogP contribution in [0.5, 0.6) is 5.88 Å². The molecule has 1 amide bonds. The predicted molar refractivity (Wildman–Crippen MR) is 164 cm³/mol. The van der Waals surface area contributed by atoms with Crippen LogP contribution in [0.1, 0.15) is 69.2 Å². The van der Waals surface area contributed by atoms with Crippen molar-refractivity contribution in [3.05, 3.63) is 53.4 Å². The largest absolute Gasteiger partial charge is 0.477 e. The molecule has 3 N–H and O–H groups in total. The summed E-state index contributed by atoms with van der Waals surface area (Å²) in [6, 6.07) is 8.38. The molecule has 2 fully saturated rings. The highest BCUT2D eigenvalue weighted by molar-refractivity contribution is 7.98. The van der Waals surface area contributed by atoms with Gasteiger partial charge in [0.05, 0.1) is 17.6 Å². The van der Waals surface area contributed by atoms with E-state index in [0.29, 0.717) is 5.82 Å². The van der Waals surface area contributed by atoms with E-state index in [1.807, 2.05) is 12.1 Å². The van der Waals surface area contributed by atoms with Gasteiger partial charge in [-0.3, -0.25) is 9.52 Å². The molecule has 1 saturated heterocycles. The van der Waals surface area contributed by atoms with E-state index < -0.39 is 17.5 Å². The van der Waals surface area contributed by atoms with Gasteiger partial charge in [-0.1, -0.05) is 18.0 Å². The number of pyridine rings is 2. The summed E-state index contributed by atoms with van der Waals surface area (Å²) in [6.07, 6.45) is 3.92. The number of nitrogens with one attached hydrogen (secondary N) is 3. The summed E-state index contributed by atoms with van der Waals surface area (Å²) in [4.78, 5) is 22.2. The van der Waals surface area contributed by atoms with E-state index in [0.717, 1.165) is 48.1 Å². The summed E-state index contributed by atoms with van der Waals surface area (Å²) in [5.41, 5.74) is -1.19. The van der Waals surface area contributed by atoms with Crippen LogP contribution >= 0.6 is 23.5 Å². The maximum atomic E-state index is 13.1. The van der Waals surface area contributed by atoms with E-state index in [1.165, 1.54) is 36.1 Å². The van der Waals surface area contributed by atoms with Crippen LogP contribution in [0.4, 0.5) is 19.0 Å². The van der Waals surface area contributed by atoms with Gasteiger partial charge in [-0.05, 0) is 101 Å². The summed E-state index contributed by atoms with van der Waals surface area (Å²) in [5.74, 6) is 1.62. The van der Waals surface area contributed by atoms with E-state index in [4.69, 9.17) is 16.3 Å². The minimum Gasteiger partial charge on any atom is -0.477 e. The van der Waals surface area contributed by atoms with Crippen LogP contribution in [-0.2, 0) is 0 Å². The highest BCUT2D eigenvalue weighted by Crippen LogP contribution is 2.59. The number of aromatic nitrogens is 4. The molecular formula is C30H37ClF3N7O2S. The molecule has 0 bridgehead atoms. The standard InChI is InChI=1S/C30H37ClF3N7O2S/c1-28(2)17-20(18-37-28)5-3-4-14-35-23-8-6-21(19-36-23)44-40-27(42)22-7-9-24(38-26(22)31)41-15-10-25(39-41)43-16-13-29(11-12-29)30(32,33)34/h6-10,15,19-20,37H,3-5,11-14,16-18H2,1-2H3,(H,35,36)(H,40,42). The molecule has 0 aromatic carbocycles. The van der Waals surface area contributed by atoms with Crippen molar-refractivity contribution >= 4 is 35.3 Å². The topological polar surface area (TPSA) is 106 Å². The molecule has 0 radical (unpaired) electrons. The maximum Gasteiger partial charge on any atom is 0.394 e. The first-order valence-electron chi connectivity index (χ1n) is 14.8. The number of carbonyl (C=O) groups is 1. The van der Waals surface area contributed by atoms with E-state index in [1.54, 1.807) is 18.5 Å². The number of rotatable bonds is 14. The predicted octanol–water partition coefficient (Wildman–Crippen LogP) is 6.83. The SMILES string of the molecule is CC1(C)CC(CCCCNc2ccc(SNC(=O)c3ccc(-n4ccc(OCCC5(C(F)(F)F)CC5)n4)nc3Cl)cn2)CN1. The molecule has 1 unspecified atom stereocenters. The fourth-order valence-electron chi connectivity index (χ4n) is 5.38. The average molecular weight is 652 g/mol. The molecule has 1 aliphatic heterocycles. The number of unbranched alkanes of at least 4 members (excludes halogenated alkanes) is 1. The molecule has 3 aromatic heterocycles. The Morgan fingerprint density at radius 3 is 2.68 bits per heavy atom. The molecule has 2 aliphatic rings. The molecule has 1 atom stereocenters. The Bertz CT molecular complexity index is 1430. The van der Waals surface area contributed by atoms with Crippen LogP contribution in [0.25, 0.3) is 5.82 Å². The number of carbonyl (C=O) groups excluding carboxylic acids is 1. The zero-order chi connectivity index (χ0) is 31.4. The van der Waals surface area contributed by atoms with Crippen LogP contribution in [0.2, 0.25) is 5.15 Å². The molecule has 5 rings (SSSR count). The Morgan fingerprint density at radius 1 is 1.20 bits per heavy atom. The first-order valence-corrected chi connectivity index (χ1v) is 16.0. The van der Waals surface area contributed by atoms with Gasteiger partial charge in [-0.2, -0.15) is 13.2 Å². The van der Waals surface area contributed by atoms with Gasteiger partial charge in [-0.15, -0.1) is 5.10 Å². The lowest BCUT2D eigenvalue weighted by Gasteiger charge is -2.18. The van der Waals surface area contributed by atoms with Gasteiger partial charge in [0, 0.05) is 35.4 Å². The molecule has 1 aliphatic carbocycles. The number of anilines is 1.